The molecule has 2 aromatic heterocycles. The molecule has 3 heterocycles. The first-order valence-corrected chi connectivity index (χ1v) is 9.08. The predicted octanol–water partition coefficient (Wildman–Crippen LogP) is 4.45. The summed E-state index contributed by atoms with van der Waals surface area (Å²) in [7, 11) is 0. The van der Waals surface area contributed by atoms with Gasteiger partial charge in [0.15, 0.2) is 0 Å². The number of fused-ring (bicyclic) bond motifs is 1. The van der Waals surface area contributed by atoms with Crippen LogP contribution in [0, 0.1) is 13.8 Å². The van der Waals surface area contributed by atoms with Gasteiger partial charge in [-0.25, -0.2) is 4.98 Å². The van der Waals surface area contributed by atoms with Crippen molar-refractivity contribution in [2.75, 3.05) is 13.1 Å². The molecule has 0 aliphatic carbocycles. The third-order valence-corrected chi connectivity index (χ3v) is 5.22. The fraction of sp³-hybridized carbons (Fsp3) is 0.450. The maximum atomic E-state index is 5.33. The first-order valence-electron chi connectivity index (χ1n) is 9.08. The van der Waals surface area contributed by atoms with Crippen molar-refractivity contribution in [3.8, 4) is 11.3 Å². The summed E-state index contributed by atoms with van der Waals surface area (Å²) in [5, 5.41) is 4.95. The molecule has 0 spiro atoms. The minimum atomic E-state index is 0.457. The Morgan fingerprint density at radius 3 is 2.44 bits per heavy atom. The fourth-order valence-corrected chi connectivity index (χ4v) is 3.74. The molecule has 1 atom stereocenters. The molecule has 0 N–H and O–H groups in total. The monoisotopic (exact) mass is 336 g/mol. The minimum Gasteiger partial charge on any atom is -0.335 e. The highest BCUT2D eigenvalue weighted by atomic mass is 16.5. The zero-order valence-corrected chi connectivity index (χ0v) is 15.1. The van der Waals surface area contributed by atoms with E-state index in [0.29, 0.717) is 17.6 Å². The molecule has 5 heteroatoms. The molecular weight excluding hydrogens is 312 g/mol. The van der Waals surface area contributed by atoms with Crippen molar-refractivity contribution in [3.05, 3.63) is 41.3 Å². The molecule has 25 heavy (non-hydrogen) atoms. The highest BCUT2D eigenvalue weighted by Gasteiger charge is 2.19. The number of aromatic nitrogens is 3. The number of likely N-dealkylation sites (tertiary alicyclic amines) is 1. The lowest BCUT2D eigenvalue weighted by atomic mass is 10.00. The van der Waals surface area contributed by atoms with E-state index in [1.54, 1.807) is 0 Å². The normalized spacial score (nSPS) is 17.1. The van der Waals surface area contributed by atoms with Crippen molar-refractivity contribution in [2.45, 2.75) is 46.1 Å². The second-order valence-corrected chi connectivity index (χ2v) is 6.96. The Hall–Kier alpha value is -2.27. The van der Waals surface area contributed by atoms with Gasteiger partial charge in [-0.3, -0.25) is 4.90 Å². The van der Waals surface area contributed by atoms with E-state index < -0.39 is 0 Å². The van der Waals surface area contributed by atoms with Crippen LogP contribution >= 0.6 is 0 Å². The Morgan fingerprint density at radius 2 is 1.72 bits per heavy atom. The maximum Gasteiger partial charge on any atom is 0.261 e. The second-order valence-electron chi connectivity index (χ2n) is 6.96. The Morgan fingerprint density at radius 1 is 1.00 bits per heavy atom. The van der Waals surface area contributed by atoms with Crippen molar-refractivity contribution in [1.82, 2.24) is 20.0 Å². The smallest absolute Gasteiger partial charge is 0.261 e. The third kappa shape index (κ3) is 3.04. The van der Waals surface area contributed by atoms with Gasteiger partial charge in [-0.05, 0) is 52.3 Å². The molecular formula is C20H24N4O. The van der Waals surface area contributed by atoms with Gasteiger partial charge in [-0.15, -0.1) is 0 Å². The SMILES string of the molecule is Cc1nc(-c2ccc([C@H](C)N3CCCCC3)cc2)c2c(C)noc2n1. The molecule has 0 radical (unpaired) electrons. The average molecular weight is 336 g/mol. The van der Waals surface area contributed by atoms with E-state index in [2.05, 4.69) is 51.2 Å². The summed E-state index contributed by atoms with van der Waals surface area (Å²) in [6.45, 7) is 8.52. The van der Waals surface area contributed by atoms with Crippen molar-refractivity contribution in [1.29, 1.82) is 0 Å². The number of nitrogens with zero attached hydrogens (tertiary/aromatic N) is 4. The molecule has 1 aliphatic heterocycles. The fourth-order valence-electron chi connectivity index (χ4n) is 3.74. The average Bonchev–Trinajstić information content (AvgIpc) is 3.02. The summed E-state index contributed by atoms with van der Waals surface area (Å²) in [6, 6.07) is 9.22. The quantitative estimate of drug-likeness (QED) is 0.707. The largest absolute Gasteiger partial charge is 0.335 e. The first kappa shape index (κ1) is 16.2. The topological polar surface area (TPSA) is 55.1 Å². The number of piperidine rings is 1. The molecule has 1 saturated heterocycles. The van der Waals surface area contributed by atoms with E-state index in [0.717, 1.165) is 22.3 Å². The molecule has 1 fully saturated rings. The number of rotatable bonds is 3. The Kier molecular flexibility index (Phi) is 4.25. The molecule has 130 valence electrons. The summed E-state index contributed by atoms with van der Waals surface area (Å²) < 4.78 is 5.33. The maximum absolute atomic E-state index is 5.33. The van der Waals surface area contributed by atoms with E-state index in [1.807, 2.05) is 13.8 Å². The van der Waals surface area contributed by atoms with Crippen LogP contribution in [0.1, 0.15) is 49.3 Å². The van der Waals surface area contributed by atoms with Crippen LogP contribution in [0.15, 0.2) is 28.8 Å². The number of aryl methyl sites for hydroxylation is 2. The molecule has 3 aromatic rings. The van der Waals surface area contributed by atoms with E-state index in [1.165, 1.54) is 37.9 Å². The predicted molar refractivity (Wildman–Crippen MR) is 98.3 cm³/mol. The molecule has 0 amide bonds. The summed E-state index contributed by atoms with van der Waals surface area (Å²) in [5.74, 6) is 0.699. The van der Waals surface area contributed by atoms with Crippen LogP contribution in [0.2, 0.25) is 0 Å². The van der Waals surface area contributed by atoms with Gasteiger partial charge >= 0.3 is 0 Å². The number of benzene rings is 1. The van der Waals surface area contributed by atoms with Gasteiger partial charge in [0.2, 0.25) is 0 Å². The van der Waals surface area contributed by atoms with Crippen LogP contribution < -0.4 is 0 Å². The van der Waals surface area contributed by atoms with Crippen LogP contribution in [0.4, 0.5) is 0 Å². The van der Waals surface area contributed by atoms with E-state index in [-0.39, 0.29) is 0 Å². The van der Waals surface area contributed by atoms with Gasteiger partial charge in [0.25, 0.3) is 5.71 Å². The molecule has 0 bridgehead atoms. The summed E-state index contributed by atoms with van der Waals surface area (Å²) in [6.07, 6.45) is 3.99. The van der Waals surface area contributed by atoms with Crippen molar-refractivity contribution in [2.24, 2.45) is 0 Å². The summed E-state index contributed by atoms with van der Waals surface area (Å²) >= 11 is 0. The van der Waals surface area contributed by atoms with Gasteiger partial charge < -0.3 is 4.52 Å². The lowest BCUT2D eigenvalue weighted by Crippen LogP contribution is -2.32. The molecule has 1 aliphatic rings. The Bertz CT molecular complexity index is 879. The van der Waals surface area contributed by atoms with E-state index in [9.17, 15) is 0 Å². The Balaban J connectivity index is 1.67. The summed E-state index contributed by atoms with van der Waals surface area (Å²) in [4.78, 5) is 11.6. The van der Waals surface area contributed by atoms with Crippen LogP contribution in [-0.4, -0.2) is 33.1 Å². The molecule has 0 saturated carbocycles. The van der Waals surface area contributed by atoms with Crippen LogP contribution in [0.3, 0.4) is 0 Å². The number of hydrogen-bond donors (Lipinski definition) is 0. The highest BCUT2D eigenvalue weighted by molar-refractivity contribution is 5.91. The van der Waals surface area contributed by atoms with E-state index >= 15 is 0 Å². The van der Waals surface area contributed by atoms with Gasteiger partial charge in [0.1, 0.15) is 5.82 Å². The van der Waals surface area contributed by atoms with Gasteiger partial charge in [0.05, 0.1) is 16.8 Å². The number of hydrogen-bond acceptors (Lipinski definition) is 5. The lowest BCUT2D eigenvalue weighted by Gasteiger charge is -2.32. The van der Waals surface area contributed by atoms with Crippen molar-refractivity contribution in [3.63, 3.8) is 0 Å². The second kappa shape index (κ2) is 6.56. The van der Waals surface area contributed by atoms with Crippen LogP contribution in [0.5, 0.6) is 0 Å². The highest BCUT2D eigenvalue weighted by Crippen LogP contribution is 2.30. The standard InChI is InChI=1S/C20H24N4O/c1-13-18-19(21-15(3)22-20(18)25-23-13)17-9-7-16(8-10-17)14(2)24-11-5-4-6-12-24/h7-10,14H,4-6,11-12H2,1-3H3/t14-/m0/s1. The van der Waals surface area contributed by atoms with Gasteiger partial charge in [-0.2, -0.15) is 4.98 Å². The first-order chi connectivity index (χ1) is 12.1. The lowest BCUT2D eigenvalue weighted by molar-refractivity contribution is 0.175. The Labute approximate surface area is 148 Å². The molecule has 4 rings (SSSR count). The summed E-state index contributed by atoms with van der Waals surface area (Å²) in [5.41, 5.74) is 4.73. The zero-order valence-electron chi connectivity index (χ0n) is 15.1. The minimum absolute atomic E-state index is 0.457. The van der Waals surface area contributed by atoms with Crippen molar-refractivity contribution < 1.29 is 4.52 Å². The molecule has 1 aromatic carbocycles. The van der Waals surface area contributed by atoms with Gasteiger partial charge in [0, 0.05) is 11.6 Å². The molecule has 0 unspecified atom stereocenters. The van der Waals surface area contributed by atoms with Crippen LogP contribution in [0.25, 0.3) is 22.4 Å². The zero-order chi connectivity index (χ0) is 17.4. The molecule has 5 nitrogen and oxygen atoms in total. The van der Waals surface area contributed by atoms with E-state index in [4.69, 9.17) is 4.52 Å². The van der Waals surface area contributed by atoms with Gasteiger partial charge in [-0.1, -0.05) is 35.8 Å². The van der Waals surface area contributed by atoms with Crippen molar-refractivity contribution >= 4 is 11.1 Å². The van der Waals surface area contributed by atoms with Crippen LogP contribution in [-0.2, 0) is 0 Å². The third-order valence-electron chi connectivity index (χ3n) is 5.22.